The number of aryl methyl sites for hydroxylation is 1. The third-order valence-corrected chi connectivity index (χ3v) is 6.08. The van der Waals surface area contributed by atoms with Crippen LogP contribution in [-0.4, -0.2) is 0 Å². The molecule has 0 bridgehead atoms. The second kappa shape index (κ2) is 7.31. The molecule has 0 radical (unpaired) electrons. The van der Waals surface area contributed by atoms with E-state index in [2.05, 4.69) is 43.5 Å². The molecule has 0 heteroatoms. The Balaban J connectivity index is 1.60. The van der Waals surface area contributed by atoms with Crippen molar-refractivity contribution in [3.8, 4) is 0 Å². The summed E-state index contributed by atoms with van der Waals surface area (Å²) in [5, 5.41) is 0. The molecule has 0 N–H and O–H groups in total. The molecule has 0 aromatic heterocycles. The van der Waals surface area contributed by atoms with Crippen molar-refractivity contribution in [3.63, 3.8) is 0 Å². The van der Waals surface area contributed by atoms with Gasteiger partial charge in [0.05, 0.1) is 0 Å². The van der Waals surface area contributed by atoms with Crippen LogP contribution in [-0.2, 0) is 6.42 Å². The van der Waals surface area contributed by atoms with Gasteiger partial charge in [0.15, 0.2) is 0 Å². The Morgan fingerprint density at radius 1 is 0.909 bits per heavy atom. The molecule has 0 amide bonds. The van der Waals surface area contributed by atoms with E-state index in [0.29, 0.717) is 0 Å². The lowest BCUT2D eigenvalue weighted by Crippen LogP contribution is -2.29. The first-order valence-corrected chi connectivity index (χ1v) is 9.12. The second-order valence-electron chi connectivity index (χ2n) is 7.41. The first-order valence-electron chi connectivity index (χ1n) is 9.12. The first-order chi connectivity index (χ1) is 10.8. The van der Waals surface area contributed by atoms with Crippen LogP contribution in [0.15, 0.2) is 49.6 Å². The standard InChI is InChI=1S/C22H30/c1-3-5-6-18-8-10-19(11-9-18)21-14-13-20-15-17(4-2)7-12-22(20)16-21/h3-4,8-11,17,20-22H,1-2,5-7,12-16H2. The number of hydrogen-bond acceptors (Lipinski definition) is 0. The lowest BCUT2D eigenvalue weighted by Gasteiger charge is -2.41. The smallest absolute Gasteiger partial charge is 0.0159 e. The van der Waals surface area contributed by atoms with Crippen molar-refractivity contribution < 1.29 is 0 Å². The summed E-state index contributed by atoms with van der Waals surface area (Å²) in [5.74, 6) is 3.53. The van der Waals surface area contributed by atoms with Gasteiger partial charge in [-0.25, -0.2) is 0 Å². The Hall–Kier alpha value is -1.30. The van der Waals surface area contributed by atoms with E-state index in [-0.39, 0.29) is 0 Å². The minimum Gasteiger partial charge on any atom is -0.103 e. The summed E-state index contributed by atoms with van der Waals surface area (Å²) in [6, 6.07) is 9.44. The van der Waals surface area contributed by atoms with Gasteiger partial charge in [0.2, 0.25) is 0 Å². The fraction of sp³-hybridized carbons (Fsp3) is 0.545. The van der Waals surface area contributed by atoms with Gasteiger partial charge in [-0.2, -0.15) is 0 Å². The van der Waals surface area contributed by atoms with E-state index in [4.69, 9.17) is 0 Å². The monoisotopic (exact) mass is 294 g/mol. The van der Waals surface area contributed by atoms with Crippen molar-refractivity contribution in [1.29, 1.82) is 0 Å². The number of fused-ring (bicyclic) bond motifs is 1. The van der Waals surface area contributed by atoms with Crippen LogP contribution in [0.1, 0.15) is 62.0 Å². The van der Waals surface area contributed by atoms with E-state index in [1.807, 2.05) is 6.08 Å². The van der Waals surface area contributed by atoms with E-state index in [9.17, 15) is 0 Å². The normalized spacial score (nSPS) is 31.3. The molecule has 22 heavy (non-hydrogen) atoms. The van der Waals surface area contributed by atoms with Crippen LogP contribution in [0.3, 0.4) is 0 Å². The fourth-order valence-electron chi connectivity index (χ4n) is 4.67. The van der Waals surface area contributed by atoms with Crippen molar-refractivity contribution in [2.45, 2.75) is 57.3 Å². The van der Waals surface area contributed by atoms with Gasteiger partial charge in [-0.05, 0) is 86.2 Å². The molecule has 0 spiro atoms. The molecule has 2 saturated carbocycles. The molecule has 0 nitrogen and oxygen atoms in total. The summed E-state index contributed by atoms with van der Waals surface area (Å²) in [7, 11) is 0. The van der Waals surface area contributed by atoms with Gasteiger partial charge in [0.1, 0.15) is 0 Å². The average Bonchev–Trinajstić information content (AvgIpc) is 2.59. The second-order valence-corrected chi connectivity index (χ2v) is 7.41. The van der Waals surface area contributed by atoms with Crippen molar-refractivity contribution in [1.82, 2.24) is 0 Å². The van der Waals surface area contributed by atoms with Crippen LogP contribution in [0.25, 0.3) is 0 Å². The molecular formula is C22H30. The summed E-state index contributed by atoms with van der Waals surface area (Å²) >= 11 is 0. The number of allylic oxidation sites excluding steroid dienone is 2. The van der Waals surface area contributed by atoms with Crippen LogP contribution in [0.2, 0.25) is 0 Å². The minimum atomic E-state index is 0.793. The third kappa shape index (κ3) is 3.54. The molecule has 4 atom stereocenters. The van der Waals surface area contributed by atoms with Crippen LogP contribution in [0.4, 0.5) is 0 Å². The van der Waals surface area contributed by atoms with Crippen LogP contribution >= 0.6 is 0 Å². The van der Waals surface area contributed by atoms with Crippen molar-refractivity contribution in [3.05, 3.63) is 60.7 Å². The number of benzene rings is 1. The molecule has 0 heterocycles. The van der Waals surface area contributed by atoms with E-state index < -0.39 is 0 Å². The lowest BCUT2D eigenvalue weighted by atomic mass is 9.64. The zero-order valence-corrected chi connectivity index (χ0v) is 13.8. The lowest BCUT2D eigenvalue weighted by molar-refractivity contribution is 0.133. The van der Waals surface area contributed by atoms with E-state index in [0.717, 1.165) is 36.5 Å². The van der Waals surface area contributed by atoms with E-state index >= 15 is 0 Å². The molecular weight excluding hydrogens is 264 g/mol. The molecule has 3 rings (SSSR count). The highest BCUT2D eigenvalue weighted by Crippen LogP contribution is 2.47. The summed E-state index contributed by atoms with van der Waals surface area (Å²) < 4.78 is 0. The highest BCUT2D eigenvalue weighted by atomic mass is 14.4. The van der Waals surface area contributed by atoms with E-state index in [1.165, 1.54) is 44.1 Å². The van der Waals surface area contributed by atoms with Gasteiger partial charge in [-0.15, -0.1) is 13.2 Å². The molecule has 2 aliphatic rings. The number of hydrogen-bond donors (Lipinski definition) is 0. The summed E-state index contributed by atoms with van der Waals surface area (Å²) in [6.07, 6.45) is 14.8. The Morgan fingerprint density at radius 2 is 1.64 bits per heavy atom. The number of rotatable bonds is 5. The van der Waals surface area contributed by atoms with Crippen molar-refractivity contribution >= 4 is 0 Å². The van der Waals surface area contributed by atoms with Gasteiger partial charge in [-0.1, -0.05) is 36.4 Å². The van der Waals surface area contributed by atoms with Crippen LogP contribution in [0.5, 0.6) is 0 Å². The molecule has 118 valence electrons. The zero-order chi connectivity index (χ0) is 15.4. The van der Waals surface area contributed by atoms with Crippen LogP contribution in [0, 0.1) is 17.8 Å². The first kappa shape index (κ1) is 15.6. The molecule has 0 aliphatic heterocycles. The average molecular weight is 294 g/mol. The van der Waals surface area contributed by atoms with Gasteiger partial charge in [0, 0.05) is 0 Å². The topological polar surface area (TPSA) is 0 Å². The summed E-state index contributed by atoms with van der Waals surface area (Å²) in [4.78, 5) is 0. The summed E-state index contributed by atoms with van der Waals surface area (Å²) in [6.45, 7) is 7.82. The minimum absolute atomic E-state index is 0.793. The molecule has 2 fully saturated rings. The highest BCUT2D eigenvalue weighted by molar-refractivity contribution is 5.26. The van der Waals surface area contributed by atoms with Crippen molar-refractivity contribution in [2.75, 3.05) is 0 Å². The molecule has 1 aromatic carbocycles. The molecule has 2 aliphatic carbocycles. The van der Waals surface area contributed by atoms with Gasteiger partial charge in [-0.3, -0.25) is 0 Å². The third-order valence-electron chi connectivity index (χ3n) is 6.08. The molecule has 4 unspecified atom stereocenters. The Morgan fingerprint density at radius 3 is 2.36 bits per heavy atom. The predicted molar refractivity (Wildman–Crippen MR) is 96.1 cm³/mol. The van der Waals surface area contributed by atoms with Gasteiger partial charge >= 0.3 is 0 Å². The zero-order valence-electron chi connectivity index (χ0n) is 13.8. The van der Waals surface area contributed by atoms with Gasteiger partial charge in [0.25, 0.3) is 0 Å². The van der Waals surface area contributed by atoms with Crippen LogP contribution < -0.4 is 0 Å². The van der Waals surface area contributed by atoms with E-state index in [1.54, 1.807) is 5.56 Å². The Kier molecular flexibility index (Phi) is 5.18. The fourth-order valence-corrected chi connectivity index (χ4v) is 4.67. The maximum absolute atomic E-state index is 4.01. The van der Waals surface area contributed by atoms with Crippen molar-refractivity contribution in [2.24, 2.45) is 17.8 Å². The Bertz CT molecular complexity index is 495. The summed E-state index contributed by atoms with van der Waals surface area (Å²) in [5.41, 5.74) is 3.02. The van der Waals surface area contributed by atoms with Gasteiger partial charge < -0.3 is 0 Å². The maximum Gasteiger partial charge on any atom is -0.0159 e. The highest BCUT2D eigenvalue weighted by Gasteiger charge is 2.35. The predicted octanol–water partition coefficient (Wildman–Crippen LogP) is 6.29. The SMILES string of the molecule is C=CCCc1ccc(C2CCC3CC(C=C)CCC3C2)cc1. The largest absolute Gasteiger partial charge is 0.103 e. The quantitative estimate of drug-likeness (QED) is 0.560. The maximum atomic E-state index is 4.01. The Labute approximate surface area is 136 Å². The molecule has 0 saturated heterocycles. The molecule has 1 aromatic rings.